The average molecular weight is 293 g/mol. The predicted molar refractivity (Wildman–Crippen MR) is 55.7 cm³/mol. The first-order valence-electron chi connectivity index (χ1n) is 5.57. The smallest absolute Gasteiger partial charge is 0.406 e. The maximum Gasteiger partial charge on any atom is 0.406 e. The molecule has 1 fully saturated rings. The first kappa shape index (κ1) is 14.3. The molecule has 1 aliphatic heterocycles. The Balaban J connectivity index is 2.23. The molecule has 20 heavy (non-hydrogen) atoms. The van der Waals surface area contributed by atoms with E-state index in [9.17, 15) is 22.8 Å². The van der Waals surface area contributed by atoms with Gasteiger partial charge in [0.05, 0.1) is 0 Å². The third-order valence-corrected chi connectivity index (χ3v) is 3.23. The van der Waals surface area contributed by atoms with Crippen LogP contribution >= 0.6 is 0 Å². The van der Waals surface area contributed by atoms with Crippen LogP contribution in [0.3, 0.4) is 0 Å². The van der Waals surface area contributed by atoms with Gasteiger partial charge in [0.1, 0.15) is 0 Å². The van der Waals surface area contributed by atoms with Gasteiger partial charge in [-0.15, -0.1) is 0 Å². The summed E-state index contributed by atoms with van der Waals surface area (Å²) < 4.78 is 43.4. The monoisotopic (exact) mass is 293 g/mol. The second kappa shape index (κ2) is 4.46. The molecule has 0 bridgehead atoms. The molecule has 1 aromatic heterocycles. The quantitative estimate of drug-likeness (QED) is 0.868. The summed E-state index contributed by atoms with van der Waals surface area (Å²) in [6, 6.07) is 0. The molecule has 2 heterocycles. The number of alkyl halides is 3. The van der Waals surface area contributed by atoms with Crippen LogP contribution in [0, 0.1) is 12.3 Å². The molecule has 1 aromatic rings. The summed E-state index contributed by atoms with van der Waals surface area (Å²) >= 11 is 0. The molecule has 1 aliphatic rings. The summed E-state index contributed by atoms with van der Waals surface area (Å²) in [7, 11) is 0. The third-order valence-electron chi connectivity index (χ3n) is 3.23. The number of aliphatic carboxylic acids is 1. The zero-order valence-corrected chi connectivity index (χ0v) is 10.3. The lowest BCUT2D eigenvalue weighted by atomic mass is 9.86. The highest BCUT2D eigenvalue weighted by Gasteiger charge is 2.64. The van der Waals surface area contributed by atoms with Gasteiger partial charge in [0.2, 0.25) is 5.89 Å². The lowest BCUT2D eigenvalue weighted by Crippen LogP contribution is -2.47. The van der Waals surface area contributed by atoms with Crippen LogP contribution in [0.25, 0.3) is 0 Å². The Hall–Kier alpha value is -2.13. The SMILES string of the molecule is Cc1nc(C(=O)N2CCC(C(=O)O)(C(F)(F)F)C2)no1. The Morgan fingerprint density at radius 3 is 2.50 bits per heavy atom. The molecule has 7 nitrogen and oxygen atoms in total. The summed E-state index contributed by atoms with van der Waals surface area (Å²) in [6.07, 6.45) is -5.64. The molecule has 2 rings (SSSR count). The number of rotatable bonds is 2. The van der Waals surface area contributed by atoms with Crippen molar-refractivity contribution in [2.75, 3.05) is 13.1 Å². The van der Waals surface area contributed by atoms with Crippen molar-refractivity contribution in [1.82, 2.24) is 15.0 Å². The Morgan fingerprint density at radius 1 is 1.45 bits per heavy atom. The minimum absolute atomic E-state index is 0.0906. The van der Waals surface area contributed by atoms with Crippen molar-refractivity contribution >= 4 is 11.9 Å². The van der Waals surface area contributed by atoms with E-state index in [1.54, 1.807) is 0 Å². The van der Waals surface area contributed by atoms with Gasteiger partial charge in [-0.05, 0) is 6.42 Å². The fraction of sp³-hybridized carbons (Fsp3) is 0.600. The number of hydrogen-bond acceptors (Lipinski definition) is 5. The van der Waals surface area contributed by atoms with Crippen molar-refractivity contribution in [1.29, 1.82) is 0 Å². The number of aryl methyl sites for hydroxylation is 1. The molecule has 0 spiro atoms. The molecular formula is C10H10F3N3O4. The fourth-order valence-electron chi connectivity index (χ4n) is 2.04. The number of carboxylic acids is 1. The van der Waals surface area contributed by atoms with Gasteiger partial charge in [-0.1, -0.05) is 5.16 Å². The Kier molecular flexibility index (Phi) is 3.18. The van der Waals surface area contributed by atoms with E-state index in [0.29, 0.717) is 0 Å². The van der Waals surface area contributed by atoms with Gasteiger partial charge in [0.25, 0.3) is 11.7 Å². The summed E-state index contributed by atoms with van der Waals surface area (Å²) in [5.74, 6) is -3.17. The van der Waals surface area contributed by atoms with E-state index >= 15 is 0 Å². The normalized spacial score (nSPS) is 23.1. The number of carbonyl (C=O) groups excluding carboxylic acids is 1. The van der Waals surface area contributed by atoms with Gasteiger partial charge in [-0.25, -0.2) is 0 Å². The number of carboxylic acid groups (broad SMARTS) is 1. The van der Waals surface area contributed by atoms with E-state index in [1.165, 1.54) is 6.92 Å². The minimum Gasteiger partial charge on any atom is -0.481 e. The molecule has 0 aliphatic carbocycles. The highest BCUT2D eigenvalue weighted by atomic mass is 19.4. The van der Waals surface area contributed by atoms with Crippen LogP contribution in [0.1, 0.15) is 22.9 Å². The van der Waals surface area contributed by atoms with Crippen molar-refractivity contribution in [3.8, 4) is 0 Å². The second-order valence-corrected chi connectivity index (χ2v) is 4.50. The van der Waals surface area contributed by atoms with Crippen LogP contribution in [0.15, 0.2) is 4.52 Å². The highest BCUT2D eigenvalue weighted by Crippen LogP contribution is 2.45. The Labute approximate surface area is 110 Å². The summed E-state index contributed by atoms with van der Waals surface area (Å²) in [4.78, 5) is 27.2. The van der Waals surface area contributed by atoms with Gasteiger partial charge in [0, 0.05) is 20.0 Å². The Bertz CT molecular complexity index is 556. The zero-order chi connectivity index (χ0) is 15.1. The maximum atomic E-state index is 12.9. The number of amides is 1. The van der Waals surface area contributed by atoms with Gasteiger partial charge < -0.3 is 14.5 Å². The number of nitrogens with zero attached hydrogens (tertiary/aromatic N) is 3. The van der Waals surface area contributed by atoms with E-state index in [2.05, 4.69) is 14.7 Å². The van der Waals surface area contributed by atoms with E-state index < -0.39 is 36.4 Å². The van der Waals surface area contributed by atoms with Crippen molar-refractivity contribution in [3.63, 3.8) is 0 Å². The number of likely N-dealkylation sites (tertiary alicyclic amines) is 1. The molecule has 0 saturated carbocycles. The fourth-order valence-corrected chi connectivity index (χ4v) is 2.04. The van der Waals surface area contributed by atoms with Crippen LogP contribution < -0.4 is 0 Å². The summed E-state index contributed by atoms with van der Waals surface area (Å²) in [6.45, 7) is 0.126. The van der Waals surface area contributed by atoms with Gasteiger partial charge >= 0.3 is 12.1 Å². The number of hydrogen-bond donors (Lipinski definition) is 1. The van der Waals surface area contributed by atoms with Crippen LogP contribution in [-0.2, 0) is 4.79 Å². The highest BCUT2D eigenvalue weighted by molar-refractivity contribution is 5.91. The summed E-state index contributed by atoms with van der Waals surface area (Å²) in [5, 5.41) is 12.2. The molecule has 10 heteroatoms. The lowest BCUT2D eigenvalue weighted by molar-refractivity contribution is -0.227. The summed E-state index contributed by atoms with van der Waals surface area (Å²) in [5.41, 5.74) is -2.94. The molecule has 1 saturated heterocycles. The van der Waals surface area contributed by atoms with E-state index in [1.807, 2.05) is 0 Å². The molecule has 0 aromatic carbocycles. The van der Waals surface area contributed by atoms with Crippen LogP contribution in [0.4, 0.5) is 13.2 Å². The van der Waals surface area contributed by atoms with E-state index in [4.69, 9.17) is 5.11 Å². The Morgan fingerprint density at radius 2 is 2.10 bits per heavy atom. The topological polar surface area (TPSA) is 96.5 Å². The molecule has 1 amide bonds. The van der Waals surface area contributed by atoms with Crippen molar-refractivity contribution in [2.24, 2.45) is 5.41 Å². The van der Waals surface area contributed by atoms with Crippen LogP contribution in [-0.4, -0.2) is 51.3 Å². The second-order valence-electron chi connectivity index (χ2n) is 4.50. The molecule has 0 radical (unpaired) electrons. The van der Waals surface area contributed by atoms with E-state index in [-0.39, 0.29) is 18.3 Å². The molecular weight excluding hydrogens is 283 g/mol. The number of carbonyl (C=O) groups is 2. The zero-order valence-electron chi connectivity index (χ0n) is 10.3. The lowest BCUT2D eigenvalue weighted by Gasteiger charge is -2.26. The predicted octanol–water partition coefficient (Wildman–Crippen LogP) is 0.857. The average Bonchev–Trinajstić information content (AvgIpc) is 2.93. The third kappa shape index (κ3) is 2.10. The molecule has 1 unspecified atom stereocenters. The minimum atomic E-state index is -4.94. The maximum absolute atomic E-state index is 12.9. The van der Waals surface area contributed by atoms with Crippen molar-refractivity contribution in [2.45, 2.75) is 19.5 Å². The van der Waals surface area contributed by atoms with Gasteiger partial charge in [0.15, 0.2) is 5.41 Å². The van der Waals surface area contributed by atoms with Crippen molar-refractivity contribution < 1.29 is 32.4 Å². The molecule has 1 atom stereocenters. The first-order chi connectivity index (χ1) is 9.17. The number of aromatic nitrogens is 2. The van der Waals surface area contributed by atoms with Gasteiger partial charge in [-0.2, -0.15) is 18.2 Å². The van der Waals surface area contributed by atoms with Crippen LogP contribution in [0.2, 0.25) is 0 Å². The largest absolute Gasteiger partial charge is 0.481 e. The van der Waals surface area contributed by atoms with Gasteiger partial charge in [-0.3, -0.25) is 9.59 Å². The number of halogens is 3. The van der Waals surface area contributed by atoms with Crippen LogP contribution in [0.5, 0.6) is 0 Å². The van der Waals surface area contributed by atoms with E-state index in [0.717, 1.165) is 4.90 Å². The standard InChI is InChI=1S/C10H10F3N3O4/c1-5-14-6(15-20-5)7(17)16-3-2-9(4-16,8(18)19)10(11,12)13/h2-4H2,1H3,(H,18,19). The molecule has 110 valence electrons. The first-order valence-corrected chi connectivity index (χ1v) is 5.57. The van der Waals surface area contributed by atoms with Crippen molar-refractivity contribution in [3.05, 3.63) is 11.7 Å². The molecule has 1 N–H and O–H groups in total.